The molecule has 8 heteroatoms. The maximum Gasteiger partial charge on any atom is 0.230 e. The zero-order chi connectivity index (χ0) is 18.0. The number of amides is 1. The van der Waals surface area contributed by atoms with E-state index in [0.717, 1.165) is 26.9 Å². The van der Waals surface area contributed by atoms with Crippen molar-refractivity contribution in [1.82, 2.24) is 4.98 Å². The Morgan fingerprint density at radius 3 is 2.56 bits per heavy atom. The molecular weight excluding hydrogens is 376 g/mol. The second-order valence-electron chi connectivity index (χ2n) is 5.47. The van der Waals surface area contributed by atoms with E-state index in [1.54, 1.807) is 23.9 Å². The summed E-state index contributed by atoms with van der Waals surface area (Å²) in [7, 11) is -3.23. The molecule has 0 bridgehead atoms. The first-order chi connectivity index (χ1) is 11.9. The molecule has 25 heavy (non-hydrogen) atoms. The molecule has 0 aliphatic rings. The largest absolute Gasteiger partial charge is 0.302 e. The second kappa shape index (κ2) is 7.15. The highest BCUT2D eigenvalue weighted by molar-refractivity contribution is 7.98. The molecule has 0 aliphatic heterocycles. The number of rotatable bonds is 5. The molecule has 0 saturated carbocycles. The molecule has 1 heterocycles. The summed E-state index contributed by atoms with van der Waals surface area (Å²) in [6.07, 6.45) is 3.31. The smallest absolute Gasteiger partial charge is 0.230 e. The minimum absolute atomic E-state index is 0.162. The number of thioether (sulfide) groups is 1. The fourth-order valence-electron chi connectivity index (χ4n) is 2.34. The molecule has 0 unspecified atom stereocenters. The standard InChI is InChI=1S/C17H16N2O3S3/c1-23-13-4-3-5-14-16(13)19-17(24-14)18-15(20)10-11-6-8-12(9-7-11)25(2,21)22/h3-9H,10H2,1-2H3,(H,18,19,20). The molecule has 1 aromatic heterocycles. The van der Waals surface area contributed by atoms with Gasteiger partial charge in [-0.05, 0) is 36.1 Å². The van der Waals surface area contributed by atoms with Crippen LogP contribution in [0.3, 0.4) is 0 Å². The van der Waals surface area contributed by atoms with Crippen LogP contribution >= 0.6 is 23.1 Å². The van der Waals surface area contributed by atoms with Crippen LogP contribution in [-0.4, -0.2) is 31.8 Å². The average molecular weight is 393 g/mol. The van der Waals surface area contributed by atoms with E-state index in [4.69, 9.17) is 0 Å². The third kappa shape index (κ3) is 4.20. The van der Waals surface area contributed by atoms with Crippen LogP contribution < -0.4 is 5.32 Å². The van der Waals surface area contributed by atoms with Gasteiger partial charge in [0.15, 0.2) is 15.0 Å². The van der Waals surface area contributed by atoms with Crippen molar-refractivity contribution in [3.05, 3.63) is 48.0 Å². The van der Waals surface area contributed by atoms with E-state index in [0.29, 0.717) is 5.13 Å². The monoisotopic (exact) mass is 392 g/mol. The molecular formula is C17H16N2O3S3. The van der Waals surface area contributed by atoms with Gasteiger partial charge >= 0.3 is 0 Å². The molecule has 130 valence electrons. The Morgan fingerprint density at radius 2 is 1.92 bits per heavy atom. The van der Waals surface area contributed by atoms with Crippen molar-refractivity contribution < 1.29 is 13.2 Å². The van der Waals surface area contributed by atoms with Crippen molar-refractivity contribution in [2.75, 3.05) is 17.8 Å². The molecule has 0 fully saturated rings. The van der Waals surface area contributed by atoms with E-state index in [1.807, 2.05) is 24.5 Å². The number of nitrogens with zero attached hydrogens (tertiary/aromatic N) is 1. The lowest BCUT2D eigenvalue weighted by atomic mass is 10.1. The molecule has 0 saturated heterocycles. The van der Waals surface area contributed by atoms with Crippen LogP contribution in [0.2, 0.25) is 0 Å². The van der Waals surface area contributed by atoms with Crippen LogP contribution in [-0.2, 0) is 21.1 Å². The number of para-hydroxylation sites is 1. The van der Waals surface area contributed by atoms with Crippen LogP contribution in [0.25, 0.3) is 10.2 Å². The SMILES string of the molecule is CSc1cccc2sc(NC(=O)Cc3ccc(S(C)(=O)=O)cc3)nc12. The minimum Gasteiger partial charge on any atom is -0.302 e. The number of anilines is 1. The zero-order valence-electron chi connectivity index (χ0n) is 13.6. The van der Waals surface area contributed by atoms with Crippen molar-refractivity contribution in [3.63, 3.8) is 0 Å². The van der Waals surface area contributed by atoms with E-state index < -0.39 is 9.84 Å². The lowest BCUT2D eigenvalue weighted by molar-refractivity contribution is -0.115. The van der Waals surface area contributed by atoms with Gasteiger partial charge < -0.3 is 5.32 Å². The quantitative estimate of drug-likeness (QED) is 0.672. The summed E-state index contributed by atoms with van der Waals surface area (Å²) in [4.78, 5) is 18.0. The number of carbonyl (C=O) groups is 1. The first-order valence-electron chi connectivity index (χ1n) is 7.39. The van der Waals surface area contributed by atoms with Crippen LogP contribution in [0.5, 0.6) is 0 Å². The van der Waals surface area contributed by atoms with Crippen LogP contribution in [0.4, 0.5) is 5.13 Å². The maximum absolute atomic E-state index is 12.2. The van der Waals surface area contributed by atoms with E-state index >= 15 is 0 Å². The molecule has 0 aliphatic carbocycles. The highest BCUT2D eigenvalue weighted by atomic mass is 32.2. The van der Waals surface area contributed by atoms with E-state index in [2.05, 4.69) is 10.3 Å². The van der Waals surface area contributed by atoms with Gasteiger partial charge in [0.2, 0.25) is 5.91 Å². The average Bonchev–Trinajstić information content (AvgIpc) is 2.96. The fourth-order valence-corrected chi connectivity index (χ4v) is 4.51. The normalized spacial score (nSPS) is 11.6. The van der Waals surface area contributed by atoms with Crippen molar-refractivity contribution in [1.29, 1.82) is 0 Å². The summed E-state index contributed by atoms with van der Waals surface area (Å²) in [5.74, 6) is -0.183. The number of benzene rings is 2. The number of fused-ring (bicyclic) bond motifs is 1. The van der Waals surface area contributed by atoms with Crippen LogP contribution in [0.15, 0.2) is 52.3 Å². The van der Waals surface area contributed by atoms with Gasteiger partial charge in [-0.15, -0.1) is 11.8 Å². The number of hydrogen-bond acceptors (Lipinski definition) is 6. The summed E-state index contributed by atoms with van der Waals surface area (Å²) in [6, 6.07) is 12.3. The van der Waals surface area contributed by atoms with Crippen LogP contribution in [0, 0.1) is 0 Å². The van der Waals surface area contributed by atoms with E-state index in [-0.39, 0.29) is 17.2 Å². The Labute approximate surface area is 154 Å². The summed E-state index contributed by atoms with van der Waals surface area (Å²) in [5.41, 5.74) is 1.64. The van der Waals surface area contributed by atoms with Gasteiger partial charge in [-0.3, -0.25) is 4.79 Å². The Kier molecular flexibility index (Phi) is 5.12. The van der Waals surface area contributed by atoms with Gasteiger partial charge in [0, 0.05) is 11.2 Å². The maximum atomic E-state index is 12.2. The predicted octanol–water partition coefficient (Wildman–Crippen LogP) is 3.60. The number of hydrogen-bond donors (Lipinski definition) is 1. The zero-order valence-corrected chi connectivity index (χ0v) is 16.1. The molecule has 5 nitrogen and oxygen atoms in total. The third-order valence-electron chi connectivity index (χ3n) is 3.56. The Bertz CT molecular complexity index is 1020. The van der Waals surface area contributed by atoms with Crippen molar-refractivity contribution in [2.45, 2.75) is 16.2 Å². The highest BCUT2D eigenvalue weighted by Gasteiger charge is 2.12. The summed E-state index contributed by atoms with van der Waals surface area (Å²) < 4.78 is 23.9. The van der Waals surface area contributed by atoms with Gasteiger partial charge in [-0.2, -0.15) is 0 Å². The Morgan fingerprint density at radius 1 is 1.20 bits per heavy atom. The lowest BCUT2D eigenvalue weighted by Crippen LogP contribution is -2.14. The molecule has 0 atom stereocenters. The first kappa shape index (κ1) is 17.9. The molecule has 2 aromatic carbocycles. The molecule has 3 aromatic rings. The lowest BCUT2D eigenvalue weighted by Gasteiger charge is -2.03. The number of carbonyl (C=O) groups excluding carboxylic acids is 1. The topological polar surface area (TPSA) is 76.1 Å². The number of sulfone groups is 1. The molecule has 1 N–H and O–H groups in total. The Hall–Kier alpha value is -1.90. The Balaban J connectivity index is 1.72. The van der Waals surface area contributed by atoms with Gasteiger partial charge in [0.05, 0.1) is 21.5 Å². The summed E-state index contributed by atoms with van der Waals surface area (Å²) >= 11 is 3.05. The first-order valence-corrected chi connectivity index (χ1v) is 11.3. The number of nitrogens with one attached hydrogen (secondary N) is 1. The molecule has 0 radical (unpaired) electrons. The van der Waals surface area contributed by atoms with E-state index in [1.165, 1.54) is 23.5 Å². The fraction of sp³-hybridized carbons (Fsp3) is 0.176. The minimum atomic E-state index is -3.23. The van der Waals surface area contributed by atoms with Crippen molar-refractivity contribution in [2.24, 2.45) is 0 Å². The summed E-state index contributed by atoms with van der Waals surface area (Å²) in [5, 5.41) is 3.38. The van der Waals surface area contributed by atoms with Crippen molar-refractivity contribution >= 4 is 54.2 Å². The molecule has 0 spiro atoms. The predicted molar refractivity (Wildman–Crippen MR) is 103 cm³/mol. The number of thiazole rings is 1. The second-order valence-corrected chi connectivity index (χ2v) is 9.36. The summed E-state index contributed by atoms with van der Waals surface area (Å²) in [6.45, 7) is 0. The molecule has 1 amide bonds. The number of aromatic nitrogens is 1. The van der Waals surface area contributed by atoms with Gasteiger partial charge in [-0.25, -0.2) is 13.4 Å². The van der Waals surface area contributed by atoms with E-state index in [9.17, 15) is 13.2 Å². The van der Waals surface area contributed by atoms with Crippen molar-refractivity contribution in [3.8, 4) is 0 Å². The van der Waals surface area contributed by atoms with Gasteiger partial charge in [0.1, 0.15) is 0 Å². The van der Waals surface area contributed by atoms with Gasteiger partial charge in [-0.1, -0.05) is 29.5 Å². The van der Waals surface area contributed by atoms with Crippen LogP contribution in [0.1, 0.15) is 5.56 Å². The van der Waals surface area contributed by atoms with Gasteiger partial charge in [0.25, 0.3) is 0 Å². The third-order valence-corrected chi connectivity index (χ3v) is 6.40. The molecule has 3 rings (SSSR count). The highest BCUT2D eigenvalue weighted by Crippen LogP contribution is 2.32.